The first-order chi connectivity index (χ1) is 7.76. The van der Waals surface area contributed by atoms with E-state index in [1.165, 1.54) is 0 Å². The normalized spacial score (nSPS) is 25.1. The van der Waals surface area contributed by atoms with Gasteiger partial charge in [-0.1, -0.05) is 0 Å². The molecule has 1 fully saturated rings. The van der Waals surface area contributed by atoms with Gasteiger partial charge in [0, 0.05) is 46.1 Å². The van der Waals surface area contributed by atoms with Crippen LogP contribution in [0.25, 0.3) is 0 Å². The summed E-state index contributed by atoms with van der Waals surface area (Å²) in [5, 5.41) is 3.37. The van der Waals surface area contributed by atoms with E-state index in [4.69, 9.17) is 9.47 Å². The molecule has 0 radical (unpaired) electrons. The SMILES string of the molecule is COC1(CNCc2nccn2C)CCOC1. The van der Waals surface area contributed by atoms with Crippen molar-refractivity contribution >= 4 is 0 Å². The molecule has 1 aliphatic heterocycles. The van der Waals surface area contributed by atoms with Crippen LogP contribution in [0.15, 0.2) is 12.4 Å². The van der Waals surface area contributed by atoms with Gasteiger partial charge in [-0.05, 0) is 0 Å². The second-order valence-corrected chi connectivity index (χ2v) is 4.25. The van der Waals surface area contributed by atoms with Crippen molar-refractivity contribution in [2.45, 2.75) is 18.6 Å². The highest BCUT2D eigenvalue weighted by Crippen LogP contribution is 2.21. The third-order valence-corrected chi connectivity index (χ3v) is 3.15. The van der Waals surface area contributed by atoms with Crippen molar-refractivity contribution in [1.82, 2.24) is 14.9 Å². The zero-order valence-corrected chi connectivity index (χ0v) is 9.90. The van der Waals surface area contributed by atoms with Crippen LogP contribution in [0.2, 0.25) is 0 Å². The molecule has 1 N–H and O–H groups in total. The maximum absolute atomic E-state index is 5.53. The highest BCUT2D eigenvalue weighted by atomic mass is 16.5. The van der Waals surface area contributed by atoms with Crippen molar-refractivity contribution in [3.63, 3.8) is 0 Å². The van der Waals surface area contributed by atoms with Crippen molar-refractivity contribution in [1.29, 1.82) is 0 Å². The van der Waals surface area contributed by atoms with Gasteiger partial charge in [0.05, 0.1) is 13.2 Å². The Morgan fingerprint density at radius 2 is 2.56 bits per heavy atom. The molecular formula is C11H19N3O2. The molecule has 0 aliphatic carbocycles. The Balaban J connectivity index is 1.81. The summed E-state index contributed by atoms with van der Waals surface area (Å²) in [6.45, 7) is 3.03. The summed E-state index contributed by atoms with van der Waals surface area (Å²) < 4.78 is 12.9. The van der Waals surface area contributed by atoms with E-state index in [2.05, 4.69) is 10.3 Å². The summed E-state index contributed by atoms with van der Waals surface area (Å²) in [6.07, 6.45) is 4.71. The first-order valence-electron chi connectivity index (χ1n) is 5.56. The highest BCUT2D eigenvalue weighted by molar-refractivity contribution is 4.92. The fourth-order valence-corrected chi connectivity index (χ4v) is 1.93. The number of hydrogen-bond donors (Lipinski definition) is 1. The van der Waals surface area contributed by atoms with Gasteiger partial charge >= 0.3 is 0 Å². The average Bonchev–Trinajstić information content (AvgIpc) is 2.90. The predicted octanol–water partition coefficient (Wildman–Crippen LogP) is 0.315. The van der Waals surface area contributed by atoms with Gasteiger partial charge in [-0.3, -0.25) is 0 Å². The molecule has 1 aromatic heterocycles. The molecule has 0 bridgehead atoms. The summed E-state index contributed by atoms with van der Waals surface area (Å²) >= 11 is 0. The first-order valence-corrected chi connectivity index (χ1v) is 5.56. The van der Waals surface area contributed by atoms with Gasteiger partial charge in [-0.2, -0.15) is 0 Å². The molecule has 0 aromatic carbocycles. The summed E-state index contributed by atoms with van der Waals surface area (Å²) in [6, 6.07) is 0. The number of imidazole rings is 1. The van der Waals surface area contributed by atoms with Crippen LogP contribution >= 0.6 is 0 Å². The Morgan fingerprint density at radius 3 is 3.12 bits per heavy atom. The minimum atomic E-state index is -0.148. The molecule has 1 aromatic rings. The maximum atomic E-state index is 5.53. The van der Waals surface area contributed by atoms with Crippen molar-refractivity contribution in [3.05, 3.63) is 18.2 Å². The van der Waals surface area contributed by atoms with Crippen LogP contribution in [-0.4, -0.2) is 42.0 Å². The molecule has 5 nitrogen and oxygen atoms in total. The Kier molecular flexibility index (Phi) is 3.58. The summed E-state index contributed by atoms with van der Waals surface area (Å²) in [7, 11) is 3.74. The van der Waals surface area contributed by atoms with Crippen LogP contribution in [0.1, 0.15) is 12.2 Å². The number of nitrogens with one attached hydrogen (secondary N) is 1. The topological polar surface area (TPSA) is 48.3 Å². The third kappa shape index (κ3) is 2.42. The van der Waals surface area contributed by atoms with E-state index in [-0.39, 0.29) is 5.60 Å². The van der Waals surface area contributed by atoms with E-state index in [0.29, 0.717) is 6.61 Å². The number of rotatable bonds is 5. The van der Waals surface area contributed by atoms with Crippen LogP contribution in [0, 0.1) is 0 Å². The molecule has 1 atom stereocenters. The lowest BCUT2D eigenvalue weighted by Crippen LogP contribution is -2.42. The molecule has 1 aliphatic rings. The zero-order chi connectivity index (χ0) is 11.4. The van der Waals surface area contributed by atoms with E-state index in [1.807, 2.05) is 24.0 Å². The number of hydrogen-bond acceptors (Lipinski definition) is 4. The van der Waals surface area contributed by atoms with E-state index >= 15 is 0 Å². The van der Waals surface area contributed by atoms with Crippen LogP contribution in [0.3, 0.4) is 0 Å². The monoisotopic (exact) mass is 225 g/mol. The Labute approximate surface area is 95.8 Å². The van der Waals surface area contributed by atoms with E-state index in [9.17, 15) is 0 Å². The van der Waals surface area contributed by atoms with Crippen molar-refractivity contribution in [2.24, 2.45) is 7.05 Å². The number of nitrogens with zero attached hydrogens (tertiary/aromatic N) is 2. The van der Waals surface area contributed by atoms with Crippen LogP contribution in [0.5, 0.6) is 0 Å². The molecule has 5 heteroatoms. The molecule has 0 saturated carbocycles. The fraction of sp³-hybridized carbons (Fsp3) is 0.727. The predicted molar refractivity (Wildman–Crippen MR) is 60.1 cm³/mol. The average molecular weight is 225 g/mol. The number of aryl methyl sites for hydroxylation is 1. The quantitative estimate of drug-likeness (QED) is 0.784. The van der Waals surface area contributed by atoms with Gasteiger partial charge < -0.3 is 19.4 Å². The molecule has 16 heavy (non-hydrogen) atoms. The van der Waals surface area contributed by atoms with Crippen molar-refractivity contribution in [3.8, 4) is 0 Å². The van der Waals surface area contributed by atoms with Crippen molar-refractivity contribution < 1.29 is 9.47 Å². The fourth-order valence-electron chi connectivity index (χ4n) is 1.93. The standard InChI is InChI=1S/C11H19N3O2/c1-14-5-4-13-10(14)7-12-8-11(15-2)3-6-16-9-11/h4-5,12H,3,6-9H2,1-2H3. The number of ether oxygens (including phenoxy) is 2. The minimum absolute atomic E-state index is 0.148. The molecule has 0 spiro atoms. The third-order valence-electron chi connectivity index (χ3n) is 3.15. The van der Waals surface area contributed by atoms with Gasteiger partial charge in [0.2, 0.25) is 0 Å². The molecule has 0 amide bonds. The van der Waals surface area contributed by atoms with Crippen LogP contribution in [0.4, 0.5) is 0 Å². The molecule has 1 saturated heterocycles. The van der Waals surface area contributed by atoms with Gasteiger partial charge in [0.25, 0.3) is 0 Å². The largest absolute Gasteiger partial charge is 0.378 e. The summed E-state index contributed by atoms with van der Waals surface area (Å²) in [5.74, 6) is 1.03. The molecular weight excluding hydrogens is 206 g/mol. The molecule has 2 rings (SSSR count). The van der Waals surface area contributed by atoms with E-state index in [0.717, 1.165) is 31.9 Å². The lowest BCUT2D eigenvalue weighted by Gasteiger charge is -2.25. The Morgan fingerprint density at radius 1 is 1.69 bits per heavy atom. The van der Waals surface area contributed by atoms with E-state index in [1.54, 1.807) is 7.11 Å². The second kappa shape index (κ2) is 4.95. The highest BCUT2D eigenvalue weighted by Gasteiger charge is 2.34. The lowest BCUT2D eigenvalue weighted by molar-refractivity contribution is -0.0160. The van der Waals surface area contributed by atoms with E-state index < -0.39 is 0 Å². The zero-order valence-electron chi connectivity index (χ0n) is 9.90. The van der Waals surface area contributed by atoms with Crippen molar-refractivity contribution in [2.75, 3.05) is 26.9 Å². The number of methoxy groups -OCH3 is 1. The van der Waals surface area contributed by atoms with Gasteiger partial charge in [0.15, 0.2) is 0 Å². The molecule has 1 unspecified atom stereocenters. The summed E-state index contributed by atoms with van der Waals surface area (Å²) in [4.78, 5) is 4.26. The molecule has 2 heterocycles. The van der Waals surface area contributed by atoms with Gasteiger partial charge in [-0.25, -0.2) is 4.98 Å². The minimum Gasteiger partial charge on any atom is -0.378 e. The van der Waals surface area contributed by atoms with Crippen LogP contribution in [-0.2, 0) is 23.1 Å². The lowest BCUT2D eigenvalue weighted by atomic mass is 10.0. The smallest absolute Gasteiger partial charge is 0.122 e. The van der Waals surface area contributed by atoms with Gasteiger partial charge in [0.1, 0.15) is 11.4 Å². The second-order valence-electron chi connectivity index (χ2n) is 4.25. The van der Waals surface area contributed by atoms with Gasteiger partial charge in [-0.15, -0.1) is 0 Å². The Hall–Kier alpha value is -0.910. The Bertz CT molecular complexity index is 332. The van der Waals surface area contributed by atoms with Crippen LogP contribution < -0.4 is 5.32 Å². The molecule has 90 valence electrons. The maximum Gasteiger partial charge on any atom is 0.122 e. The summed E-state index contributed by atoms with van der Waals surface area (Å²) in [5.41, 5.74) is -0.148. The number of aromatic nitrogens is 2. The first kappa shape index (κ1) is 11.6.